The number of benzene rings is 1. The molecule has 0 aliphatic heterocycles. The van der Waals surface area contributed by atoms with E-state index in [-0.39, 0.29) is 17.4 Å². The number of Topliss-reactive ketones (excluding diaryl/α,β-unsaturated/α-hetero) is 1. The minimum Gasteiger partial charge on any atom is -0.326 e. The average molecular weight is 342 g/mol. The molecular weight excluding hydrogens is 324 g/mol. The maximum absolute atomic E-state index is 12.3. The summed E-state index contributed by atoms with van der Waals surface area (Å²) in [6.45, 7) is 1.45. The van der Waals surface area contributed by atoms with E-state index < -0.39 is 0 Å². The summed E-state index contributed by atoms with van der Waals surface area (Å²) in [5, 5.41) is 11.6. The Morgan fingerprint density at radius 2 is 1.79 bits per heavy atom. The second kappa shape index (κ2) is 7.53. The number of aryl methyl sites for hydroxylation is 2. The normalized spacial score (nSPS) is 13.2. The van der Waals surface area contributed by atoms with Crippen molar-refractivity contribution in [3.63, 3.8) is 0 Å². The highest BCUT2D eigenvalue weighted by Crippen LogP contribution is 2.21. The van der Waals surface area contributed by atoms with Gasteiger partial charge in [-0.1, -0.05) is 11.8 Å². The lowest BCUT2D eigenvalue weighted by Crippen LogP contribution is -2.11. The number of aromatic nitrogens is 3. The van der Waals surface area contributed by atoms with Gasteiger partial charge in [0.05, 0.1) is 17.1 Å². The van der Waals surface area contributed by atoms with Gasteiger partial charge in [-0.05, 0) is 49.9 Å². The number of nitrogens with zero attached hydrogens (tertiary/aromatic N) is 3. The van der Waals surface area contributed by atoms with Crippen molar-refractivity contribution in [1.82, 2.24) is 15.2 Å². The van der Waals surface area contributed by atoms with Crippen LogP contribution in [-0.4, -0.2) is 32.6 Å². The lowest BCUT2D eigenvalue weighted by atomic mass is 10.0. The van der Waals surface area contributed by atoms with E-state index >= 15 is 0 Å². The first kappa shape index (κ1) is 16.6. The molecule has 0 fully saturated rings. The van der Waals surface area contributed by atoms with Crippen LogP contribution in [0, 0.1) is 0 Å². The smallest absolute Gasteiger partial charge is 0.221 e. The van der Waals surface area contributed by atoms with Crippen LogP contribution in [0.3, 0.4) is 0 Å². The number of rotatable bonds is 5. The van der Waals surface area contributed by atoms with E-state index in [0.29, 0.717) is 16.4 Å². The van der Waals surface area contributed by atoms with Gasteiger partial charge in [0.1, 0.15) is 0 Å². The Balaban J connectivity index is 1.60. The zero-order valence-electron chi connectivity index (χ0n) is 13.4. The molecule has 7 heteroatoms. The van der Waals surface area contributed by atoms with Gasteiger partial charge in [-0.15, -0.1) is 5.10 Å². The summed E-state index contributed by atoms with van der Waals surface area (Å²) >= 11 is 1.31. The average Bonchev–Trinajstić information content (AvgIpc) is 2.59. The highest BCUT2D eigenvalue weighted by atomic mass is 32.2. The van der Waals surface area contributed by atoms with Gasteiger partial charge in [0.2, 0.25) is 11.1 Å². The van der Waals surface area contributed by atoms with Gasteiger partial charge < -0.3 is 5.32 Å². The molecule has 6 nitrogen and oxygen atoms in total. The predicted molar refractivity (Wildman–Crippen MR) is 92.3 cm³/mol. The van der Waals surface area contributed by atoms with Crippen molar-refractivity contribution in [2.24, 2.45) is 0 Å². The van der Waals surface area contributed by atoms with E-state index in [4.69, 9.17) is 0 Å². The van der Waals surface area contributed by atoms with Crippen LogP contribution in [-0.2, 0) is 17.6 Å². The first-order valence-corrected chi connectivity index (χ1v) is 8.86. The summed E-state index contributed by atoms with van der Waals surface area (Å²) < 4.78 is 0. The summed E-state index contributed by atoms with van der Waals surface area (Å²) in [5.41, 5.74) is 3.28. The lowest BCUT2D eigenvalue weighted by molar-refractivity contribution is -0.114. The molecule has 1 aliphatic rings. The number of carbonyl (C=O) groups is 2. The molecule has 1 aromatic carbocycles. The second-order valence-electron chi connectivity index (χ2n) is 5.67. The third-order valence-corrected chi connectivity index (χ3v) is 4.59. The summed E-state index contributed by atoms with van der Waals surface area (Å²) in [5.74, 6) is 0.123. The van der Waals surface area contributed by atoms with Gasteiger partial charge in [0.25, 0.3) is 0 Å². The first-order valence-electron chi connectivity index (χ1n) is 7.88. The zero-order chi connectivity index (χ0) is 16.9. The number of ketones is 1. The van der Waals surface area contributed by atoms with Crippen LogP contribution in [0.4, 0.5) is 5.69 Å². The molecular formula is C17H18N4O2S. The summed E-state index contributed by atoms with van der Waals surface area (Å²) in [6.07, 6.45) is 4.16. The predicted octanol–water partition coefficient (Wildman–Crippen LogP) is 2.68. The van der Waals surface area contributed by atoms with Gasteiger partial charge in [0, 0.05) is 18.2 Å². The summed E-state index contributed by atoms with van der Waals surface area (Å²) in [4.78, 5) is 27.8. The lowest BCUT2D eigenvalue weighted by Gasteiger charge is -2.12. The van der Waals surface area contributed by atoms with Gasteiger partial charge >= 0.3 is 0 Å². The number of hydrogen-bond acceptors (Lipinski definition) is 6. The zero-order valence-corrected chi connectivity index (χ0v) is 14.2. The number of thioether (sulfide) groups is 1. The largest absolute Gasteiger partial charge is 0.326 e. The van der Waals surface area contributed by atoms with Crippen LogP contribution in [0.15, 0.2) is 29.4 Å². The van der Waals surface area contributed by atoms with Crippen molar-refractivity contribution in [3.05, 3.63) is 41.2 Å². The molecule has 3 rings (SSSR count). The van der Waals surface area contributed by atoms with Crippen molar-refractivity contribution < 1.29 is 9.59 Å². The quantitative estimate of drug-likeness (QED) is 0.664. The minimum atomic E-state index is -0.137. The van der Waals surface area contributed by atoms with Gasteiger partial charge in [-0.2, -0.15) is 5.10 Å². The fraction of sp³-hybridized carbons (Fsp3) is 0.353. The Morgan fingerprint density at radius 1 is 1.08 bits per heavy atom. The van der Waals surface area contributed by atoms with Crippen molar-refractivity contribution in [1.29, 1.82) is 0 Å². The number of anilines is 1. The molecule has 2 aromatic rings. The van der Waals surface area contributed by atoms with Gasteiger partial charge in [0.15, 0.2) is 5.78 Å². The first-order chi connectivity index (χ1) is 11.6. The molecule has 0 unspecified atom stereocenters. The third kappa shape index (κ3) is 4.17. The van der Waals surface area contributed by atoms with E-state index in [2.05, 4.69) is 20.5 Å². The molecule has 0 atom stereocenters. The minimum absolute atomic E-state index is 0.00399. The van der Waals surface area contributed by atoms with E-state index in [9.17, 15) is 9.59 Å². The molecule has 1 heterocycles. The standard InChI is InChI=1S/C17H18N4O2S/c1-11(22)18-13-8-6-12(7-9-13)16(23)10-24-17-19-14-4-2-3-5-15(14)20-21-17/h6-9H,2-5,10H2,1H3,(H,18,22). The van der Waals surface area contributed by atoms with Gasteiger partial charge in [-0.25, -0.2) is 4.98 Å². The van der Waals surface area contributed by atoms with Crippen LogP contribution in [0.2, 0.25) is 0 Å². The monoisotopic (exact) mass is 342 g/mol. The molecule has 1 aliphatic carbocycles. The Morgan fingerprint density at radius 3 is 2.50 bits per heavy atom. The van der Waals surface area contributed by atoms with Crippen LogP contribution < -0.4 is 5.32 Å². The summed E-state index contributed by atoms with van der Waals surface area (Å²) in [6, 6.07) is 6.85. The van der Waals surface area contributed by atoms with Crippen LogP contribution in [0.5, 0.6) is 0 Å². The van der Waals surface area contributed by atoms with Crippen molar-refractivity contribution in [3.8, 4) is 0 Å². The van der Waals surface area contributed by atoms with Crippen LogP contribution in [0.1, 0.15) is 41.5 Å². The molecule has 0 spiro atoms. The molecule has 1 amide bonds. The molecule has 24 heavy (non-hydrogen) atoms. The molecule has 0 radical (unpaired) electrons. The Hall–Kier alpha value is -2.28. The maximum atomic E-state index is 12.3. The molecule has 0 saturated heterocycles. The number of fused-ring (bicyclic) bond motifs is 1. The Bertz CT molecular complexity index is 762. The van der Waals surface area contributed by atoms with Crippen LogP contribution >= 0.6 is 11.8 Å². The SMILES string of the molecule is CC(=O)Nc1ccc(C(=O)CSc2nnc3c(n2)CCCC3)cc1. The Labute approximate surface area is 144 Å². The molecule has 1 N–H and O–H groups in total. The fourth-order valence-electron chi connectivity index (χ4n) is 2.56. The number of nitrogens with one attached hydrogen (secondary N) is 1. The topological polar surface area (TPSA) is 84.8 Å². The highest BCUT2D eigenvalue weighted by molar-refractivity contribution is 7.99. The molecule has 1 aromatic heterocycles. The van der Waals surface area contributed by atoms with E-state index in [0.717, 1.165) is 37.1 Å². The van der Waals surface area contributed by atoms with Crippen LogP contribution in [0.25, 0.3) is 0 Å². The summed E-state index contributed by atoms with van der Waals surface area (Å²) in [7, 11) is 0. The Kier molecular flexibility index (Phi) is 5.20. The van der Waals surface area contributed by atoms with Crippen molar-refractivity contribution in [2.45, 2.75) is 37.8 Å². The second-order valence-corrected chi connectivity index (χ2v) is 6.61. The highest BCUT2D eigenvalue weighted by Gasteiger charge is 2.15. The molecule has 124 valence electrons. The van der Waals surface area contributed by atoms with E-state index in [1.54, 1.807) is 24.3 Å². The number of hydrogen-bond donors (Lipinski definition) is 1. The van der Waals surface area contributed by atoms with Crippen molar-refractivity contribution in [2.75, 3.05) is 11.1 Å². The maximum Gasteiger partial charge on any atom is 0.221 e. The number of carbonyl (C=O) groups excluding carboxylic acids is 2. The third-order valence-electron chi connectivity index (χ3n) is 3.76. The van der Waals surface area contributed by atoms with E-state index in [1.165, 1.54) is 18.7 Å². The fourth-order valence-corrected chi connectivity index (χ4v) is 3.26. The van der Waals surface area contributed by atoms with E-state index in [1.807, 2.05) is 0 Å². The molecule has 0 saturated carbocycles. The number of amides is 1. The van der Waals surface area contributed by atoms with Crippen molar-refractivity contribution >= 4 is 29.1 Å². The van der Waals surface area contributed by atoms with Gasteiger partial charge in [-0.3, -0.25) is 9.59 Å². The molecule has 0 bridgehead atoms.